The molecule has 0 amide bonds. The summed E-state index contributed by atoms with van der Waals surface area (Å²) >= 11 is 1.35. The molecule has 0 saturated carbocycles. The molecule has 6 nitrogen and oxygen atoms in total. The Balaban J connectivity index is 2.00. The third kappa shape index (κ3) is 2.52. The number of esters is 1. The Morgan fingerprint density at radius 1 is 1.64 bits per heavy atom. The van der Waals surface area contributed by atoms with Crippen molar-refractivity contribution in [3.05, 3.63) is 41.6 Å². The number of aromatic nitrogens is 1. The summed E-state index contributed by atoms with van der Waals surface area (Å²) in [6.07, 6.45) is 0.252. The molecule has 1 aliphatic rings. The maximum absolute atomic E-state index is 13.3. The molecular formula is C15H17N3O3S. The second-order valence-electron chi connectivity index (χ2n) is 5.54. The minimum absolute atomic E-state index is 0.202. The summed E-state index contributed by atoms with van der Waals surface area (Å²) < 4.78 is 5.43. The molecule has 22 heavy (non-hydrogen) atoms. The minimum Gasteiger partial charge on any atom is -0.622 e. The molecule has 0 bridgehead atoms. The van der Waals surface area contributed by atoms with Crippen LogP contribution in [-0.4, -0.2) is 42.3 Å². The fraction of sp³-hybridized carbons (Fsp3) is 0.333. The lowest BCUT2D eigenvalue weighted by Crippen LogP contribution is -2.50. The molecule has 1 fully saturated rings. The summed E-state index contributed by atoms with van der Waals surface area (Å²) in [4.78, 5) is 17.8. The topological polar surface area (TPSA) is 65.5 Å². The van der Waals surface area contributed by atoms with Crippen LogP contribution in [0.2, 0.25) is 0 Å². The van der Waals surface area contributed by atoms with Gasteiger partial charge in [0.1, 0.15) is 6.67 Å². The van der Waals surface area contributed by atoms with Crippen molar-refractivity contribution in [3.8, 4) is 0 Å². The maximum Gasteiger partial charge on any atom is 0.334 e. The highest BCUT2D eigenvalue weighted by Gasteiger charge is 2.44. The van der Waals surface area contributed by atoms with Gasteiger partial charge in [-0.3, -0.25) is 4.65 Å². The fourth-order valence-corrected chi connectivity index (χ4v) is 3.60. The van der Waals surface area contributed by atoms with Gasteiger partial charge >= 0.3 is 5.97 Å². The molecule has 116 valence electrons. The first-order valence-electron chi connectivity index (χ1n) is 6.90. The van der Waals surface area contributed by atoms with Crippen molar-refractivity contribution in [1.82, 2.24) is 14.5 Å². The highest BCUT2D eigenvalue weighted by Crippen LogP contribution is 2.37. The van der Waals surface area contributed by atoms with Crippen molar-refractivity contribution < 1.29 is 9.53 Å². The molecular weight excluding hydrogens is 302 g/mol. The van der Waals surface area contributed by atoms with Crippen LogP contribution < -0.4 is 4.65 Å². The SMILES string of the molecule is C=CC(=O)OC1CN(C)C[N+]1([O-])c1nc2cc(C)ccc2s1. The summed E-state index contributed by atoms with van der Waals surface area (Å²) in [6.45, 7) is 5.94. The number of hydrogen-bond donors (Lipinski definition) is 0. The van der Waals surface area contributed by atoms with Crippen LogP contribution in [0.25, 0.3) is 10.2 Å². The number of quaternary nitrogens is 1. The van der Waals surface area contributed by atoms with Crippen LogP contribution in [0.1, 0.15) is 5.56 Å². The van der Waals surface area contributed by atoms with E-state index in [4.69, 9.17) is 4.74 Å². The molecule has 2 heterocycles. The van der Waals surface area contributed by atoms with Crippen molar-refractivity contribution in [1.29, 1.82) is 0 Å². The van der Waals surface area contributed by atoms with Gasteiger partial charge in [0.05, 0.1) is 16.8 Å². The number of benzene rings is 1. The summed E-state index contributed by atoms with van der Waals surface area (Å²) in [5.41, 5.74) is 1.90. The van der Waals surface area contributed by atoms with E-state index in [-0.39, 0.29) is 6.67 Å². The Morgan fingerprint density at radius 2 is 2.41 bits per heavy atom. The normalized spacial score (nSPS) is 25.5. The van der Waals surface area contributed by atoms with Gasteiger partial charge in [0.2, 0.25) is 0 Å². The van der Waals surface area contributed by atoms with Gasteiger partial charge < -0.3 is 9.94 Å². The molecule has 2 aromatic rings. The lowest BCUT2D eigenvalue weighted by molar-refractivity contribution is -0.147. The van der Waals surface area contributed by atoms with E-state index in [0.717, 1.165) is 21.9 Å². The van der Waals surface area contributed by atoms with Crippen molar-refractivity contribution in [3.63, 3.8) is 0 Å². The molecule has 1 aliphatic heterocycles. The van der Waals surface area contributed by atoms with Crippen molar-refractivity contribution >= 4 is 32.7 Å². The monoisotopic (exact) mass is 319 g/mol. The van der Waals surface area contributed by atoms with E-state index in [2.05, 4.69) is 11.6 Å². The molecule has 1 aromatic carbocycles. The highest BCUT2D eigenvalue weighted by molar-refractivity contribution is 7.22. The number of aryl methyl sites for hydroxylation is 1. The van der Waals surface area contributed by atoms with E-state index in [1.165, 1.54) is 11.3 Å². The Hall–Kier alpha value is -1.80. The lowest BCUT2D eigenvalue weighted by atomic mass is 10.2. The predicted molar refractivity (Wildman–Crippen MR) is 87.1 cm³/mol. The van der Waals surface area contributed by atoms with Crippen LogP contribution in [-0.2, 0) is 9.53 Å². The number of ether oxygens (including phenoxy) is 1. The number of rotatable bonds is 3. The zero-order valence-corrected chi connectivity index (χ0v) is 13.3. The van der Waals surface area contributed by atoms with E-state index in [1.54, 1.807) is 0 Å². The van der Waals surface area contributed by atoms with Crippen LogP contribution in [0, 0.1) is 12.1 Å². The van der Waals surface area contributed by atoms with E-state index < -0.39 is 16.8 Å². The van der Waals surface area contributed by atoms with Crippen LogP contribution in [0.3, 0.4) is 0 Å². The van der Waals surface area contributed by atoms with E-state index in [0.29, 0.717) is 11.7 Å². The Labute approximate surface area is 132 Å². The number of likely N-dealkylation sites (N-methyl/N-ethyl adjacent to an activating group) is 1. The Kier molecular flexibility index (Phi) is 3.73. The van der Waals surface area contributed by atoms with Crippen LogP contribution in [0.5, 0.6) is 0 Å². The van der Waals surface area contributed by atoms with Gasteiger partial charge in [0, 0.05) is 6.08 Å². The molecule has 0 spiro atoms. The summed E-state index contributed by atoms with van der Waals surface area (Å²) in [6, 6.07) is 5.90. The van der Waals surface area contributed by atoms with Crippen molar-refractivity contribution in [2.24, 2.45) is 0 Å². The highest BCUT2D eigenvalue weighted by atomic mass is 32.1. The maximum atomic E-state index is 13.3. The van der Waals surface area contributed by atoms with E-state index in [1.807, 2.05) is 37.1 Å². The van der Waals surface area contributed by atoms with Gasteiger partial charge in [-0.05, 0) is 31.7 Å². The van der Waals surface area contributed by atoms with Gasteiger partial charge in [-0.2, -0.15) is 4.98 Å². The Bertz CT molecular complexity index is 745. The number of fused-ring (bicyclic) bond motifs is 1. The molecule has 0 aliphatic carbocycles. The first-order chi connectivity index (χ1) is 10.4. The number of hydroxylamine groups is 2. The zero-order chi connectivity index (χ0) is 15.9. The third-order valence-electron chi connectivity index (χ3n) is 3.66. The number of nitrogens with zero attached hydrogens (tertiary/aromatic N) is 3. The quantitative estimate of drug-likeness (QED) is 0.376. The molecule has 2 atom stereocenters. The van der Waals surface area contributed by atoms with Crippen molar-refractivity contribution in [2.75, 3.05) is 20.3 Å². The number of thiazole rings is 1. The summed E-state index contributed by atoms with van der Waals surface area (Å²) in [5, 5.41) is 13.7. The zero-order valence-electron chi connectivity index (χ0n) is 12.5. The lowest BCUT2D eigenvalue weighted by Gasteiger charge is -2.38. The van der Waals surface area contributed by atoms with E-state index in [9.17, 15) is 10.0 Å². The number of carbonyl (C=O) groups is 1. The second kappa shape index (κ2) is 5.44. The average Bonchev–Trinajstić information content (AvgIpc) is 3.00. The second-order valence-corrected chi connectivity index (χ2v) is 6.55. The van der Waals surface area contributed by atoms with Gasteiger partial charge in [0.15, 0.2) is 0 Å². The smallest absolute Gasteiger partial charge is 0.334 e. The van der Waals surface area contributed by atoms with Gasteiger partial charge in [-0.15, -0.1) is 0 Å². The van der Waals surface area contributed by atoms with Crippen LogP contribution >= 0.6 is 11.3 Å². The van der Waals surface area contributed by atoms with Crippen molar-refractivity contribution in [2.45, 2.75) is 13.2 Å². The van der Waals surface area contributed by atoms with Gasteiger partial charge in [-0.25, -0.2) is 9.69 Å². The van der Waals surface area contributed by atoms with Gasteiger partial charge in [-0.1, -0.05) is 24.0 Å². The Morgan fingerprint density at radius 3 is 3.14 bits per heavy atom. The predicted octanol–water partition coefficient (Wildman–Crippen LogP) is 2.37. The van der Waals surface area contributed by atoms with E-state index >= 15 is 0 Å². The third-order valence-corrected chi connectivity index (χ3v) is 4.81. The molecule has 1 saturated heterocycles. The first-order valence-corrected chi connectivity index (χ1v) is 7.72. The molecule has 7 heteroatoms. The largest absolute Gasteiger partial charge is 0.622 e. The molecule has 2 unspecified atom stereocenters. The standard InChI is InChI=1S/C15H17N3O3S/c1-4-14(19)21-13-8-17(3)9-18(13,20)15-16-11-7-10(2)5-6-12(11)22-15/h4-7,13H,1,8-9H2,2-3H3. The number of carbonyl (C=O) groups excluding carboxylic acids is 1. The van der Waals surface area contributed by atoms with Crippen LogP contribution in [0.4, 0.5) is 5.13 Å². The average molecular weight is 319 g/mol. The van der Waals surface area contributed by atoms with Crippen LogP contribution in [0.15, 0.2) is 30.9 Å². The van der Waals surface area contributed by atoms with Gasteiger partial charge in [0.25, 0.3) is 11.4 Å². The fourth-order valence-electron chi connectivity index (χ4n) is 2.58. The first kappa shape index (κ1) is 15.1. The molecule has 1 aromatic heterocycles. The molecule has 0 radical (unpaired) electrons. The summed E-state index contributed by atoms with van der Waals surface area (Å²) in [5.74, 6) is -0.587. The molecule has 3 rings (SSSR count). The number of hydrogen-bond acceptors (Lipinski definition) is 6. The summed E-state index contributed by atoms with van der Waals surface area (Å²) in [7, 11) is 1.82. The molecule has 0 N–H and O–H groups in total. The minimum atomic E-state index is -0.822.